The topological polar surface area (TPSA) is 57.5 Å². The van der Waals surface area contributed by atoms with Gasteiger partial charge >= 0.3 is 11.9 Å². The summed E-state index contributed by atoms with van der Waals surface area (Å²) in [6.07, 6.45) is 0. The molecule has 1 aromatic heterocycles. The van der Waals surface area contributed by atoms with Crippen molar-refractivity contribution < 1.29 is 19.1 Å². The molecule has 0 bridgehead atoms. The van der Waals surface area contributed by atoms with E-state index in [0.717, 1.165) is 11.3 Å². The molecule has 0 aliphatic heterocycles. The maximum absolute atomic E-state index is 11.6. The fourth-order valence-corrected chi connectivity index (χ4v) is 2.58. The van der Waals surface area contributed by atoms with Crippen molar-refractivity contribution in [3.8, 4) is 0 Å². The van der Waals surface area contributed by atoms with Crippen molar-refractivity contribution in [2.24, 2.45) is 0 Å². The number of hydrogen-bond donors (Lipinski definition) is 0. The van der Waals surface area contributed by atoms with E-state index < -0.39 is 11.9 Å². The van der Waals surface area contributed by atoms with Crippen LogP contribution in [0.25, 0.3) is 0 Å². The van der Waals surface area contributed by atoms with Crippen molar-refractivity contribution in [2.75, 3.05) is 13.7 Å². The maximum Gasteiger partial charge on any atom is 0.350 e. The molecule has 0 atom stereocenters. The van der Waals surface area contributed by atoms with Gasteiger partial charge in [-0.2, -0.15) is 0 Å². The zero-order valence-corrected chi connectivity index (χ0v) is 11.4. The Morgan fingerprint density at radius 3 is 2.65 bits per heavy atom. The Bertz CT molecular complexity index is 489. The Labute approximate surface area is 108 Å². The number of aromatic nitrogens is 1. The molecule has 0 unspecified atom stereocenters. The molecule has 0 amide bonds. The summed E-state index contributed by atoms with van der Waals surface area (Å²) >= 11 is 6.23. The number of esters is 2. The molecule has 0 aliphatic carbocycles. The lowest BCUT2D eigenvalue weighted by atomic mass is 10.4. The zero-order chi connectivity index (χ0) is 13.0. The van der Waals surface area contributed by atoms with E-state index in [1.807, 2.05) is 0 Å². The van der Waals surface area contributed by atoms with E-state index in [2.05, 4.69) is 4.74 Å². The van der Waals surface area contributed by atoms with Gasteiger partial charge in [0.25, 0.3) is 0 Å². The fraction of sp³-hybridized carbons (Fsp3) is 0.500. The molecule has 1 heterocycles. The minimum Gasteiger partial charge on any atom is -0.468 e. The molecular formula is C10H13NO4S2. The lowest BCUT2D eigenvalue weighted by Crippen LogP contribution is -2.14. The number of ether oxygens (including phenoxy) is 2. The lowest BCUT2D eigenvalue weighted by Gasteiger charge is -2.04. The van der Waals surface area contributed by atoms with Gasteiger partial charge in [-0.05, 0) is 26.1 Å². The van der Waals surface area contributed by atoms with Gasteiger partial charge < -0.3 is 14.0 Å². The normalized spacial score (nSPS) is 10.1. The summed E-state index contributed by atoms with van der Waals surface area (Å²) in [4.78, 5) is 23.2. The van der Waals surface area contributed by atoms with Gasteiger partial charge in [-0.25, -0.2) is 4.79 Å². The van der Waals surface area contributed by atoms with Gasteiger partial charge in [0, 0.05) is 5.69 Å². The molecule has 0 saturated carbocycles. The number of carbonyl (C=O) groups is 2. The average Bonchev–Trinajstić information content (AvgIpc) is 2.57. The second-order valence-electron chi connectivity index (χ2n) is 3.17. The third-order valence-corrected chi connectivity index (χ3v) is 3.65. The number of rotatable bonds is 4. The lowest BCUT2D eigenvalue weighted by molar-refractivity contribution is -0.141. The molecule has 0 N–H and O–H groups in total. The minimum atomic E-state index is -0.412. The highest BCUT2D eigenvalue weighted by atomic mass is 32.1. The Morgan fingerprint density at radius 1 is 1.47 bits per heavy atom. The Kier molecular flexibility index (Phi) is 4.83. The first-order chi connectivity index (χ1) is 8.01. The van der Waals surface area contributed by atoms with Gasteiger partial charge in [0.2, 0.25) is 0 Å². The van der Waals surface area contributed by atoms with Crippen LogP contribution >= 0.6 is 23.6 Å². The molecule has 0 fully saturated rings. The number of methoxy groups -OCH3 is 1. The molecule has 0 spiro atoms. The Hall–Kier alpha value is -1.21. The van der Waals surface area contributed by atoms with Crippen LogP contribution in [0, 0.1) is 10.9 Å². The highest BCUT2D eigenvalue weighted by molar-refractivity contribution is 7.73. The van der Waals surface area contributed by atoms with E-state index in [1.165, 1.54) is 7.11 Å². The molecular weight excluding hydrogens is 262 g/mol. The second-order valence-corrected chi connectivity index (χ2v) is 4.81. The largest absolute Gasteiger partial charge is 0.468 e. The Morgan fingerprint density at radius 2 is 2.12 bits per heavy atom. The molecule has 0 aliphatic rings. The summed E-state index contributed by atoms with van der Waals surface area (Å²) in [7, 11) is 1.31. The van der Waals surface area contributed by atoms with Gasteiger partial charge in [-0.15, -0.1) is 0 Å². The van der Waals surface area contributed by atoms with Gasteiger partial charge in [0.15, 0.2) is 3.95 Å². The third kappa shape index (κ3) is 3.13. The molecule has 1 aromatic rings. The van der Waals surface area contributed by atoms with E-state index in [0.29, 0.717) is 21.1 Å². The highest BCUT2D eigenvalue weighted by Crippen LogP contribution is 2.20. The van der Waals surface area contributed by atoms with E-state index in [4.69, 9.17) is 17.0 Å². The average molecular weight is 275 g/mol. The molecule has 5 nitrogen and oxygen atoms in total. The first-order valence-corrected chi connectivity index (χ1v) is 6.17. The predicted molar refractivity (Wildman–Crippen MR) is 65.9 cm³/mol. The third-order valence-electron chi connectivity index (χ3n) is 2.12. The summed E-state index contributed by atoms with van der Waals surface area (Å²) < 4.78 is 11.5. The number of hydrogen-bond acceptors (Lipinski definition) is 6. The molecule has 7 heteroatoms. The van der Waals surface area contributed by atoms with Crippen LogP contribution in [-0.4, -0.2) is 30.2 Å². The molecule has 1 rings (SSSR count). The first-order valence-electron chi connectivity index (χ1n) is 4.95. The smallest absolute Gasteiger partial charge is 0.350 e. The van der Waals surface area contributed by atoms with Crippen LogP contribution in [0.4, 0.5) is 0 Å². The monoisotopic (exact) mass is 275 g/mol. The molecule has 0 aromatic carbocycles. The number of carbonyl (C=O) groups excluding carboxylic acids is 2. The number of thiazole rings is 1. The second kappa shape index (κ2) is 5.92. The van der Waals surface area contributed by atoms with E-state index in [9.17, 15) is 9.59 Å². The van der Waals surface area contributed by atoms with Crippen molar-refractivity contribution >= 4 is 35.5 Å². The Balaban J connectivity index is 3.06. The van der Waals surface area contributed by atoms with E-state index in [-0.39, 0.29) is 6.54 Å². The summed E-state index contributed by atoms with van der Waals surface area (Å²) in [6.45, 7) is 3.77. The zero-order valence-electron chi connectivity index (χ0n) is 9.81. The summed E-state index contributed by atoms with van der Waals surface area (Å²) in [5.41, 5.74) is 0.629. The van der Waals surface area contributed by atoms with Crippen LogP contribution in [0.5, 0.6) is 0 Å². The van der Waals surface area contributed by atoms with Gasteiger partial charge in [0.05, 0.1) is 13.7 Å². The summed E-state index contributed by atoms with van der Waals surface area (Å²) in [5, 5.41) is 0. The van der Waals surface area contributed by atoms with Gasteiger partial charge in [-0.3, -0.25) is 4.79 Å². The predicted octanol–water partition coefficient (Wildman–Crippen LogP) is 1.94. The van der Waals surface area contributed by atoms with Crippen LogP contribution in [0.1, 0.15) is 22.3 Å². The fourth-order valence-electron chi connectivity index (χ4n) is 1.24. The van der Waals surface area contributed by atoms with Crippen LogP contribution in [0.2, 0.25) is 0 Å². The van der Waals surface area contributed by atoms with Gasteiger partial charge in [0.1, 0.15) is 11.4 Å². The molecule has 0 radical (unpaired) electrons. The van der Waals surface area contributed by atoms with Crippen molar-refractivity contribution in [1.29, 1.82) is 0 Å². The minimum absolute atomic E-state index is 0.0110. The van der Waals surface area contributed by atoms with Crippen LogP contribution in [0.3, 0.4) is 0 Å². The summed E-state index contributed by atoms with van der Waals surface area (Å²) in [6, 6.07) is 0. The van der Waals surface area contributed by atoms with Crippen LogP contribution in [-0.2, 0) is 20.8 Å². The van der Waals surface area contributed by atoms with Gasteiger partial charge in [-0.1, -0.05) is 11.3 Å². The molecule has 0 saturated heterocycles. The molecule has 94 valence electrons. The molecule has 17 heavy (non-hydrogen) atoms. The van der Waals surface area contributed by atoms with E-state index in [1.54, 1.807) is 18.4 Å². The first kappa shape index (κ1) is 13.9. The van der Waals surface area contributed by atoms with Crippen molar-refractivity contribution in [3.63, 3.8) is 0 Å². The quantitative estimate of drug-likeness (QED) is 0.621. The highest BCUT2D eigenvalue weighted by Gasteiger charge is 2.18. The van der Waals surface area contributed by atoms with Crippen molar-refractivity contribution in [2.45, 2.75) is 20.4 Å². The van der Waals surface area contributed by atoms with Crippen LogP contribution in [0.15, 0.2) is 0 Å². The van der Waals surface area contributed by atoms with Crippen LogP contribution < -0.4 is 0 Å². The number of nitrogens with zero attached hydrogens (tertiary/aromatic N) is 1. The van der Waals surface area contributed by atoms with Crippen molar-refractivity contribution in [3.05, 3.63) is 14.5 Å². The SMILES string of the molecule is CCOC(=O)c1sc(=S)n(CC(=O)OC)c1C. The van der Waals surface area contributed by atoms with Crippen molar-refractivity contribution in [1.82, 2.24) is 4.57 Å². The standard InChI is InChI=1S/C10H13NO4S2/c1-4-15-9(13)8-6(2)11(10(16)17-8)5-7(12)14-3/h4-5H2,1-3H3. The summed E-state index contributed by atoms with van der Waals surface area (Å²) in [5.74, 6) is -0.817. The van der Waals surface area contributed by atoms with E-state index >= 15 is 0 Å². The maximum atomic E-state index is 11.6.